The maximum atomic E-state index is 11.4. The molecule has 0 aromatic heterocycles. The number of carbonyl (C=O) groups excluding carboxylic acids is 4. The number of carbonyl (C=O) groups is 6. The second-order valence-electron chi connectivity index (χ2n) is 6.28. The van der Waals surface area contributed by atoms with E-state index in [4.69, 9.17) is 10.2 Å². The number of aldehydes is 2. The highest BCUT2D eigenvalue weighted by Crippen LogP contribution is 2.03. The lowest BCUT2D eigenvalue weighted by molar-refractivity contribution is -0.137. The van der Waals surface area contributed by atoms with E-state index in [9.17, 15) is 28.8 Å². The third kappa shape index (κ3) is 9.92. The zero-order valence-corrected chi connectivity index (χ0v) is 16.9. The first-order valence-corrected chi connectivity index (χ1v) is 9.37. The second kappa shape index (κ2) is 13.8. The lowest BCUT2D eigenvalue weighted by atomic mass is 10.1. The van der Waals surface area contributed by atoms with Gasteiger partial charge in [0, 0.05) is 35.3 Å². The zero-order chi connectivity index (χ0) is 23.9. The van der Waals surface area contributed by atoms with E-state index in [0.717, 1.165) is 0 Å². The molecule has 2 aromatic rings. The van der Waals surface area contributed by atoms with E-state index in [1.165, 1.54) is 48.5 Å². The molecule has 168 valence electrons. The monoisotopic (exact) mass is 442 g/mol. The topological polar surface area (TPSA) is 167 Å². The predicted molar refractivity (Wildman–Crippen MR) is 113 cm³/mol. The lowest BCUT2D eigenvalue weighted by Crippen LogP contribution is -2.25. The maximum Gasteiger partial charge on any atom is 0.305 e. The van der Waals surface area contributed by atoms with Crippen LogP contribution in [0.4, 0.5) is 0 Å². The average molecular weight is 442 g/mol. The van der Waals surface area contributed by atoms with Crippen LogP contribution in [-0.2, 0) is 9.59 Å². The molecule has 0 aliphatic heterocycles. The number of carboxylic acid groups (broad SMARTS) is 2. The molecule has 32 heavy (non-hydrogen) atoms. The average Bonchev–Trinajstić information content (AvgIpc) is 2.79. The van der Waals surface area contributed by atoms with Gasteiger partial charge in [-0.05, 0) is 24.3 Å². The summed E-state index contributed by atoms with van der Waals surface area (Å²) in [5.41, 5.74) is 1.77. The van der Waals surface area contributed by atoms with Crippen LogP contribution in [0.2, 0.25) is 0 Å². The Kier molecular flexibility index (Phi) is 11.1. The van der Waals surface area contributed by atoms with Crippen LogP contribution < -0.4 is 10.6 Å². The summed E-state index contributed by atoms with van der Waals surface area (Å²) in [7, 11) is 0. The zero-order valence-electron chi connectivity index (χ0n) is 16.9. The van der Waals surface area contributed by atoms with Gasteiger partial charge in [0.15, 0.2) is 0 Å². The van der Waals surface area contributed by atoms with E-state index in [2.05, 4.69) is 10.6 Å². The van der Waals surface area contributed by atoms with Crippen molar-refractivity contribution in [1.29, 1.82) is 0 Å². The Labute approximate surface area is 183 Å². The van der Waals surface area contributed by atoms with Gasteiger partial charge >= 0.3 is 11.9 Å². The number of carboxylic acids is 2. The summed E-state index contributed by atoms with van der Waals surface area (Å²) in [6.07, 6.45) is 1.15. The van der Waals surface area contributed by atoms with E-state index in [1.54, 1.807) is 0 Å². The number of amides is 2. The Bertz CT molecular complexity index is 873. The van der Waals surface area contributed by atoms with E-state index < -0.39 is 11.9 Å². The van der Waals surface area contributed by atoms with Crippen LogP contribution in [0.1, 0.15) is 54.3 Å². The summed E-state index contributed by atoms with van der Waals surface area (Å²) in [5.74, 6) is -2.62. The van der Waals surface area contributed by atoms with Gasteiger partial charge in [0.1, 0.15) is 12.6 Å². The number of rotatable bonds is 10. The van der Waals surface area contributed by atoms with Crippen LogP contribution in [0.15, 0.2) is 48.5 Å². The molecule has 10 heteroatoms. The SMILES string of the molecule is O=Cc1ccc(C(=O)NCCC(=O)O)cc1.O=Cc1ccc(C(=O)NCCC(=O)O)cc1. The van der Waals surface area contributed by atoms with Crippen molar-refractivity contribution in [3.8, 4) is 0 Å². The second-order valence-corrected chi connectivity index (χ2v) is 6.28. The summed E-state index contributed by atoms with van der Waals surface area (Å²) in [5, 5.41) is 21.7. The third-order valence-corrected chi connectivity index (χ3v) is 3.87. The lowest BCUT2D eigenvalue weighted by Gasteiger charge is -2.03. The Morgan fingerprint density at radius 1 is 0.625 bits per heavy atom. The minimum atomic E-state index is -0.961. The van der Waals surface area contributed by atoms with E-state index in [-0.39, 0.29) is 37.7 Å². The van der Waals surface area contributed by atoms with Gasteiger partial charge in [0.05, 0.1) is 12.8 Å². The summed E-state index contributed by atoms with van der Waals surface area (Å²) in [6.45, 7) is 0.174. The number of benzene rings is 2. The molecule has 0 spiro atoms. The molecule has 0 aliphatic rings. The molecule has 0 unspecified atom stereocenters. The van der Waals surface area contributed by atoms with E-state index in [0.29, 0.717) is 34.8 Å². The van der Waals surface area contributed by atoms with Crippen molar-refractivity contribution in [1.82, 2.24) is 10.6 Å². The van der Waals surface area contributed by atoms with Crippen LogP contribution in [0.5, 0.6) is 0 Å². The van der Waals surface area contributed by atoms with Crippen LogP contribution in [-0.4, -0.2) is 59.6 Å². The quantitative estimate of drug-likeness (QED) is 0.401. The molecule has 0 saturated heterocycles. The Morgan fingerprint density at radius 3 is 1.19 bits per heavy atom. The standard InChI is InChI=1S/2C11H11NO4/c2*13-7-8-1-3-9(4-2-8)11(16)12-6-5-10(14)15/h2*1-4,7H,5-6H2,(H,12,16)(H,14,15). The maximum absolute atomic E-state index is 11.4. The van der Waals surface area contributed by atoms with Crippen molar-refractivity contribution in [3.63, 3.8) is 0 Å². The highest BCUT2D eigenvalue weighted by Gasteiger charge is 2.06. The molecule has 0 radical (unpaired) electrons. The first-order chi connectivity index (χ1) is 15.3. The summed E-state index contributed by atoms with van der Waals surface area (Å²) in [6, 6.07) is 12.2. The van der Waals surface area contributed by atoms with Crippen molar-refractivity contribution in [3.05, 3.63) is 70.8 Å². The Morgan fingerprint density at radius 2 is 0.938 bits per heavy atom. The van der Waals surface area contributed by atoms with Crippen molar-refractivity contribution in [2.75, 3.05) is 13.1 Å². The van der Waals surface area contributed by atoms with Gasteiger partial charge in [0.2, 0.25) is 0 Å². The molecule has 2 rings (SSSR count). The van der Waals surface area contributed by atoms with Crippen LogP contribution >= 0.6 is 0 Å². The molecule has 0 aliphatic carbocycles. The van der Waals surface area contributed by atoms with Gasteiger partial charge in [-0.1, -0.05) is 24.3 Å². The van der Waals surface area contributed by atoms with Gasteiger partial charge in [-0.15, -0.1) is 0 Å². The number of nitrogens with one attached hydrogen (secondary N) is 2. The first kappa shape index (κ1) is 25.7. The van der Waals surface area contributed by atoms with Crippen molar-refractivity contribution in [2.24, 2.45) is 0 Å². The Hall–Kier alpha value is -4.34. The molecular weight excluding hydrogens is 420 g/mol. The summed E-state index contributed by atoms with van der Waals surface area (Å²) in [4.78, 5) is 64.0. The molecular formula is C22H22N2O8. The highest BCUT2D eigenvalue weighted by molar-refractivity contribution is 5.95. The van der Waals surface area contributed by atoms with Gasteiger partial charge in [-0.25, -0.2) is 0 Å². The summed E-state index contributed by atoms with van der Waals surface area (Å²) < 4.78 is 0. The molecule has 0 fully saturated rings. The number of hydrogen-bond donors (Lipinski definition) is 4. The van der Waals surface area contributed by atoms with Crippen LogP contribution in [0.3, 0.4) is 0 Å². The first-order valence-electron chi connectivity index (χ1n) is 9.37. The molecule has 2 aromatic carbocycles. The van der Waals surface area contributed by atoms with Crippen LogP contribution in [0, 0.1) is 0 Å². The molecule has 0 atom stereocenters. The van der Waals surface area contributed by atoms with Gasteiger partial charge in [0.25, 0.3) is 11.8 Å². The highest BCUT2D eigenvalue weighted by atomic mass is 16.4. The largest absolute Gasteiger partial charge is 0.481 e. The van der Waals surface area contributed by atoms with Crippen molar-refractivity contribution < 1.29 is 39.0 Å². The van der Waals surface area contributed by atoms with Crippen molar-refractivity contribution in [2.45, 2.75) is 12.8 Å². The minimum absolute atomic E-state index is 0.0869. The molecule has 10 nitrogen and oxygen atoms in total. The molecule has 0 saturated carbocycles. The fourth-order valence-electron chi connectivity index (χ4n) is 2.20. The predicted octanol–water partition coefficient (Wildman–Crippen LogP) is 1.41. The molecule has 0 heterocycles. The fourth-order valence-corrected chi connectivity index (χ4v) is 2.20. The normalized spacial score (nSPS) is 9.50. The fraction of sp³-hybridized carbons (Fsp3) is 0.182. The van der Waals surface area contributed by atoms with Crippen LogP contribution in [0.25, 0.3) is 0 Å². The van der Waals surface area contributed by atoms with Gasteiger partial charge in [-0.2, -0.15) is 0 Å². The van der Waals surface area contributed by atoms with Crippen molar-refractivity contribution >= 4 is 36.3 Å². The number of aliphatic carboxylic acids is 2. The Balaban J connectivity index is 0.000000320. The molecule has 0 bridgehead atoms. The van der Waals surface area contributed by atoms with E-state index >= 15 is 0 Å². The summed E-state index contributed by atoms with van der Waals surface area (Å²) >= 11 is 0. The van der Waals surface area contributed by atoms with E-state index in [1.807, 2.05) is 0 Å². The molecule has 4 N–H and O–H groups in total. The third-order valence-electron chi connectivity index (χ3n) is 3.87. The van der Waals surface area contributed by atoms with Gasteiger partial charge in [-0.3, -0.25) is 28.8 Å². The minimum Gasteiger partial charge on any atom is -0.481 e. The number of hydrogen-bond acceptors (Lipinski definition) is 6. The van der Waals surface area contributed by atoms with Gasteiger partial charge < -0.3 is 20.8 Å². The molecule has 2 amide bonds. The smallest absolute Gasteiger partial charge is 0.305 e.